The number of methoxy groups -OCH3 is 1. The smallest absolute Gasteiger partial charge is 0.328 e. The predicted molar refractivity (Wildman–Crippen MR) is 82.8 cm³/mol. The van der Waals surface area contributed by atoms with E-state index in [9.17, 15) is 9.59 Å². The van der Waals surface area contributed by atoms with Gasteiger partial charge < -0.3 is 14.2 Å². The lowest BCUT2D eigenvalue weighted by Gasteiger charge is -2.29. The molecule has 5 heteroatoms. The maximum Gasteiger partial charge on any atom is 0.328 e. The zero-order valence-corrected chi connectivity index (χ0v) is 13.7. The molecule has 0 aliphatic rings. The second kappa shape index (κ2) is 8.41. The number of hydrogen-bond donors (Lipinski definition) is 0. The topological polar surface area (TPSA) is 61.8 Å². The summed E-state index contributed by atoms with van der Waals surface area (Å²) in [5, 5.41) is 0. The highest BCUT2D eigenvalue weighted by Crippen LogP contribution is 2.34. The summed E-state index contributed by atoms with van der Waals surface area (Å²) in [6.07, 6.45) is 0.951. The molecule has 0 amide bonds. The van der Waals surface area contributed by atoms with E-state index < -0.39 is 17.4 Å². The van der Waals surface area contributed by atoms with Crippen LogP contribution < -0.4 is 4.74 Å². The minimum absolute atomic E-state index is 0.202. The quantitative estimate of drug-likeness (QED) is 0.546. The molecule has 0 fully saturated rings. The summed E-state index contributed by atoms with van der Waals surface area (Å²) in [6, 6.07) is 6.92. The Bertz CT molecular complexity index is 492. The first-order valence-corrected chi connectivity index (χ1v) is 7.55. The first-order valence-electron chi connectivity index (χ1n) is 7.55. The van der Waals surface area contributed by atoms with Crippen molar-refractivity contribution >= 4 is 11.9 Å². The Morgan fingerprint density at radius 2 is 1.64 bits per heavy atom. The maximum absolute atomic E-state index is 12.6. The zero-order chi connectivity index (χ0) is 16.6. The van der Waals surface area contributed by atoms with Crippen molar-refractivity contribution in [1.82, 2.24) is 0 Å². The van der Waals surface area contributed by atoms with Crippen molar-refractivity contribution < 1.29 is 23.8 Å². The zero-order valence-electron chi connectivity index (χ0n) is 13.7. The molecule has 1 aromatic rings. The van der Waals surface area contributed by atoms with Crippen LogP contribution in [0.2, 0.25) is 0 Å². The number of hydrogen-bond acceptors (Lipinski definition) is 5. The molecular weight excluding hydrogens is 284 g/mol. The van der Waals surface area contributed by atoms with Crippen molar-refractivity contribution in [2.24, 2.45) is 0 Å². The van der Waals surface area contributed by atoms with Gasteiger partial charge in [0, 0.05) is 0 Å². The fraction of sp³-hybridized carbons (Fsp3) is 0.529. The van der Waals surface area contributed by atoms with Crippen LogP contribution in [-0.4, -0.2) is 32.3 Å². The summed E-state index contributed by atoms with van der Waals surface area (Å²) in [7, 11) is 1.54. The molecule has 0 saturated carbocycles. The van der Waals surface area contributed by atoms with Crippen LogP contribution in [0, 0.1) is 0 Å². The fourth-order valence-electron chi connectivity index (χ4n) is 2.44. The highest BCUT2D eigenvalue weighted by atomic mass is 16.6. The van der Waals surface area contributed by atoms with Crippen LogP contribution in [0.3, 0.4) is 0 Å². The summed E-state index contributed by atoms with van der Waals surface area (Å²) < 4.78 is 15.6. The highest BCUT2D eigenvalue weighted by molar-refractivity contribution is 6.06. The standard InChI is InChI=1S/C17H24O5/c1-5-11-17(15(18)21-6-2,16(19)22-7-3)13-9-8-10-14(12-13)20-4/h8-10,12H,5-7,11H2,1-4H3. The van der Waals surface area contributed by atoms with Gasteiger partial charge in [-0.3, -0.25) is 9.59 Å². The van der Waals surface area contributed by atoms with Crippen LogP contribution in [-0.2, 0) is 24.5 Å². The lowest BCUT2D eigenvalue weighted by molar-refractivity contribution is -0.165. The van der Waals surface area contributed by atoms with Crippen molar-refractivity contribution in [1.29, 1.82) is 0 Å². The van der Waals surface area contributed by atoms with E-state index in [1.165, 1.54) is 7.11 Å². The van der Waals surface area contributed by atoms with E-state index in [0.29, 0.717) is 24.2 Å². The molecule has 1 aromatic carbocycles. The monoisotopic (exact) mass is 308 g/mol. The lowest BCUT2D eigenvalue weighted by atomic mass is 9.76. The molecule has 0 saturated heterocycles. The van der Waals surface area contributed by atoms with Gasteiger partial charge >= 0.3 is 11.9 Å². The molecule has 0 atom stereocenters. The van der Waals surface area contributed by atoms with Gasteiger partial charge in [0.2, 0.25) is 0 Å². The van der Waals surface area contributed by atoms with Gasteiger partial charge in [-0.25, -0.2) is 0 Å². The van der Waals surface area contributed by atoms with Crippen molar-refractivity contribution in [3.05, 3.63) is 29.8 Å². The third-order valence-corrected chi connectivity index (χ3v) is 3.44. The van der Waals surface area contributed by atoms with Gasteiger partial charge in [-0.05, 0) is 38.0 Å². The number of ether oxygens (including phenoxy) is 3. The molecule has 0 aliphatic heterocycles. The van der Waals surface area contributed by atoms with E-state index >= 15 is 0 Å². The minimum Gasteiger partial charge on any atom is -0.497 e. The second-order valence-corrected chi connectivity index (χ2v) is 4.83. The van der Waals surface area contributed by atoms with Gasteiger partial charge in [0.1, 0.15) is 5.75 Å². The summed E-state index contributed by atoms with van der Waals surface area (Å²) in [5.74, 6) is -0.585. The Morgan fingerprint density at radius 3 is 2.09 bits per heavy atom. The number of carbonyl (C=O) groups excluding carboxylic acids is 2. The molecule has 22 heavy (non-hydrogen) atoms. The fourth-order valence-corrected chi connectivity index (χ4v) is 2.44. The summed E-state index contributed by atoms with van der Waals surface area (Å²) in [4.78, 5) is 25.2. The van der Waals surface area contributed by atoms with Crippen molar-refractivity contribution in [3.63, 3.8) is 0 Å². The van der Waals surface area contributed by atoms with E-state index in [2.05, 4.69) is 0 Å². The Hall–Kier alpha value is -2.04. The molecule has 0 radical (unpaired) electrons. The molecule has 1 rings (SSSR count). The van der Waals surface area contributed by atoms with E-state index in [-0.39, 0.29) is 13.2 Å². The van der Waals surface area contributed by atoms with Crippen LogP contribution in [0.25, 0.3) is 0 Å². The van der Waals surface area contributed by atoms with Gasteiger partial charge in [-0.2, -0.15) is 0 Å². The summed E-state index contributed by atoms with van der Waals surface area (Å²) in [6.45, 7) is 5.74. The highest BCUT2D eigenvalue weighted by Gasteiger charge is 2.49. The molecule has 0 heterocycles. The molecule has 0 aromatic heterocycles. The first kappa shape index (κ1) is 18.0. The van der Waals surface area contributed by atoms with Gasteiger partial charge in [0.15, 0.2) is 5.41 Å². The minimum atomic E-state index is -1.45. The number of esters is 2. The van der Waals surface area contributed by atoms with Gasteiger partial charge in [-0.1, -0.05) is 25.5 Å². The average Bonchev–Trinajstić information content (AvgIpc) is 2.53. The maximum atomic E-state index is 12.6. The Morgan fingerprint density at radius 1 is 1.05 bits per heavy atom. The molecule has 0 spiro atoms. The molecule has 122 valence electrons. The molecule has 0 bridgehead atoms. The summed E-state index contributed by atoms with van der Waals surface area (Å²) >= 11 is 0. The molecule has 5 nitrogen and oxygen atoms in total. The first-order chi connectivity index (χ1) is 10.6. The van der Waals surface area contributed by atoms with Crippen LogP contribution >= 0.6 is 0 Å². The Balaban J connectivity index is 3.45. The Kier molecular flexibility index (Phi) is 6.89. The predicted octanol–water partition coefficient (Wildman–Crippen LogP) is 2.86. The summed E-state index contributed by atoms with van der Waals surface area (Å²) in [5.41, 5.74) is -0.916. The molecule has 0 unspecified atom stereocenters. The number of benzene rings is 1. The lowest BCUT2D eigenvalue weighted by Crippen LogP contribution is -2.46. The van der Waals surface area contributed by atoms with Crippen LogP contribution in [0.4, 0.5) is 0 Å². The van der Waals surface area contributed by atoms with Crippen LogP contribution in [0.1, 0.15) is 39.2 Å². The van der Waals surface area contributed by atoms with E-state index in [1.54, 1.807) is 38.1 Å². The van der Waals surface area contributed by atoms with Crippen LogP contribution in [0.15, 0.2) is 24.3 Å². The van der Waals surface area contributed by atoms with Gasteiger partial charge in [0.05, 0.1) is 20.3 Å². The molecular formula is C17H24O5. The van der Waals surface area contributed by atoms with E-state index in [1.807, 2.05) is 6.92 Å². The van der Waals surface area contributed by atoms with E-state index in [0.717, 1.165) is 0 Å². The third kappa shape index (κ3) is 3.59. The van der Waals surface area contributed by atoms with Crippen molar-refractivity contribution in [2.75, 3.05) is 20.3 Å². The normalized spacial score (nSPS) is 10.9. The van der Waals surface area contributed by atoms with Gasteiger partial charge in [-0.15, -0.1) is 0 Å². The van der Waals surface area contributed by atoms with Crippen LogP contribution in [0.5, 0.6) is 5.75 Å². The van der Waals surface area contributed by atoms with Crippen molar-refractivity contribution in [3.8, 4) is 5.75 Å². The SMILES string of the molecule is CCCC(C(=O)OCC)(C(=O)OCC)c1cccc(OC)c1. The Labute approximate surface area is 131 Å². The van der Waals surface area contributed by atoms with Gasteiger partial charge in [0.25, 0.3) is 0 Å². The second-order valence-electron chi connectivity index (χ2n) is 4.83. The molecule has 0 aliphatic carbocycles. The van der Waals surface area contributed by atoms with Crippen molar-refractivity contribution in [2.45, 2.75) is 39.0 Å². The molecule has 0 N–H and O–H groups in total. The number of carbonyl (C=O) groups is 2. The van der Waals surface area contributed by atoms with E-state index in [4.69, 9.17) is 14.2 Å². The average molecular weight is 308 g/mol. The number of rotatable bonds is 8. The third-order valence-electron chi connectivity index (χ3n) is 3.44. The largest absolute Gasteiger partial charge is 0.497 e.